The number of thiazole rings is 1. The Morgan fingerprint density at radius 1 is 0.889 bits per heavy atom. The third-order valence-electron chi connectivity index (χ3n) is 7.17. The highest BCUT2D eigenvalue weighted by Crippen LogP contribution is 2.41. The topological polar surface area (TPSA) is 34.4 Å². The van der Waals surface area contributed by atoms with Gasteiger partial charge in [-0.2, -0.15) is 0 Å². The fourth-order valence-corrected chi connectivity index (χ4v) is 6.74. The van der Waals surface area contributed by atoms with Crippen molar-refractivity contribution in [3.63, 3.8) is 0 Å². The quantitative estimate of drug-likeness (QED) is 0.257. The van der Waals surface area contributed by atoms with Crippen LogP contribution >= 0.6 is 27.3 Å². The Bertz CT molecular complexity index is 1870. The van der Waals surface area contributed by atoms with Crippen molar-refractivity contribution >= 4 is 49.8 Å². The average Bonchev–Trinajstić information content (AvgIpc) is 3.22. The van der Waals surface area contributed by atoms with E-state index < -0.39 is 0 Å². The predicted molar refractivity (Wildman–Crippen MR) is 151 cm³/mol. The molecule has 7 rings (SSSR count). The molecular formula is C31H21BrN2OS. The minimum atomic E-state index is -0.160. The van der Waals surface area contributed by atoms with E-state index in [1.807, 2.05) is 28.8 Å². The van der Waals surface area contributed by atoms with Gasteiger partial charge in [0.2, 0.25) is 0 Å². The van der Waals surface area contributed by atoms with Crippen LogP contribution in [0.2, 0.25) is 0 Å². The number of aryl methyl sites for hydroxylation is 1. The van der Waals surface area contributed by atoms with Crippen LogP contribution in [0, 0.1) is 0 Å². The molecule has 0 saturated carbocycles. The molecule has 4 aromatic carbocycles. The molecule has 1 aliphatic heterocycles. The van der Waals surface area contributed by atoms with Crippen molar-refractivity contribution in [2.45, 2.75) is 18.9 Å². The summed E-state index contributed by atoms with van der Waals surface area (Å²) >= 11 is 5.05. The summed E-state index contributed by atoms with van der Waals surface area (Å²) < 4.78 is 3.65. The van der Waals surface area contributed by atoms with Crippen molar-refractivity contribution in [2.24, 2.45) is 4.99 Å². The number of fused-ring (bicyclic) bond motifs is 4. The van der Waals surface area contributed by atoms with E-state index in [-0.39, 0.29) is 11.6 Å². The summed E-state index contributed by atoms with van der Waals surface area (Å²) in [5.41, 5.74) is 6.94. The standard InChI is InChI=1S/C31H21BrN2OS/c32-23-15-12-21(13-16-23)29-26-17-14-20-7-2-4-11-25(20)28(26)33-31-34(29)30(35)27(36-31)18-22-9-5-8-19-6-1-3-10-24(19)22/h1-13,15-16,18,29H,14,17H2/b27-18+/t29-/m1/s1. The van der Waals surface area contributed by atoms with Gasteiger partial charge in [0.05, 0.1) is 16.3 Å². The van der Waals surface area contributed by atoms with Gasteiger partial charge in [-0.15, -0.1) is 0 Å². The SMILES string of the molecule is O=c1/c(=C\c2cccc3ccccc23)sc2n1[C@H](c1ccc(Br)cc1)C1=C(N=2)c2ccccc2CC1. The maximum Gasteiger partial charge on any atom is 0.271 e. The summed E-state index contributed by atoms with van der Waals surface area (Å²) in [5, 5.41) is 2.31. The molecule has 174 valence electrons. The summed E-state index contributed by atoms with van der Waals surface area (Å²) in [7, 11) is 0. The molecule has 2 aliphatic rings. The van der Waals surface area contributed by atoms with E-state index in [0.29, 0.717) is 4.53 Å². The zero-order valence-electron chi connectivity index (χ0n) is 19.3. The molecule has 2 heterocycles. The molecule has 0 fully saturated rings. The van der Waals surface area contributed by atoms with Crippen LogP contribution in [0.3, 0.4) is 0 Å². The molecule has 1 aliphatic carbocycles. The number of nitrogens with zero attached hydrogens (tertiary/aromatic N) is 2. The second kappa shape index (κ2) is 8.54. The molecule has 1 aromatic heterocycles. The zero-order chi connectivity index (χ0) is 24.2. The highest BCUT2D eigenvalue weighted by molar-refractivity contribution is 9.10. The molecule has 36 heavy (non-hydrogen) atoms. The first-order valence-electron chi connectivity index (χ1n) is 12.0. The van der Waals surface area contributed by atoms with Gasteiger partial charge < -0.3 is 0 Å². The molecule has 5 heteroatoms. The molecule has 0 saturated heterocycles. The molecule has 0 bridgehead atoms. The van der Waals surface area contributed by atoms with Crippen LogP contribution < -0.4 is 14.9 Å². The van der Waals surface area contributed by atoms with Crippen molar-refractivity contribution in [3.05, 3.63) is 143 Å². The molecule has 0 N–H and O–H groups in total. The minimum absolute atomic E-state index is 0.0185. The van der Waals surface area contributed by atoms with Crippen LogP contribution in [0.1, 0.15) is 34.7 Å². The van der Waals surface area contributed by atoms with E-state index in [2.05, 4.69) is 88.7 Å². The van der Waals surface area contributed by atoms with E-state index in [4.69, 9.17) is 4.99 Å². The average molecular weight is 549 g/mol. The normalized spacial score (nSPS) is 16.9. The van der Waals surface area contributed by atoms with Crippen LogP contribution in [-0.4, -0.2) is 4.57 Å². The lowest BCUT2D eigenvalue weighted by atomic mass is 9.83. The summed E-state index contributed by atoms with van der Waals surface area (Å²) in [6, 6.07) is 31.2. The Balaban J connectivity index is 1.50. The smallest absolute Gasteiger partial charge is 0.271 e. The first-order valence-corrected chi connectivity index (χ1v) is 13.6. The Morgan fingerprint density at radius 3 is 2.56 bits per heavy atom. The fraction of sp³-hybridized carbons (Fsp3) is 0.0968. The number of aromatic nitrogens is 1. The van der Waals surface area contributed by atoms with Gasteiger partial charge in [-0.25, -0.2) is 4.99 Å². The zero-order valence-corrected chi connectivity index (χ0v) is 21.7. The van der Waals surface area contributed by atoms with Gasteiger partial charge in [0.25, 0.3) is 5.56 Å². The van der Waals surface area contributed by atoms with Gasteiger partial charge in [-0.05, 0) is 64.1 Å². The van der Waals surface area contributed by atoms with Crippen molar-refractivity contribution in [1.29, 1.82) is 0 Å². The van der Waals surface area contributed by atoms with Gasteiger partial charge in [-0.3, -0.25) is 9.36 Å². The van der Waals surface area contributed by atoms with Crippen molar-refractivity contribution in [3.8, 4) is 0 Å². The highest BCUT2D eigenvalue weighted by atomic mass is 79.9. The number of halogens is 1. The first-order chi connectivity index (χ1) is 17.7. The molecular weight excluding hydrogens is 528 g/mol. The van der Waals surface area contributed by atoms with Crippen LogP contribution in [0.5, 0.6) is 0 Å². The predicted octanol–water partition coefficient (Wildman–Crippen LogP) is 6.23. The van der Waals surface area contributed by atoms with Gasteiger partial charge in [0.15, 0.2) is 4.80 Å². The minimum Gasteiger partial charge on any atom is -0.272 e. The molecule has 0 amide bonds. The maximum atomic E-state index is 14.0. The van der Waals surface area contributed by atoms with Crippen LogP contribution in [0.4, 0.5) is 0 Å². The van der Waals surface area contributed by atoms with E-state index in [1.54, 1.807) is 0 Å². The second-order valence-corrected chi connectivity index (χ2v) is 11.2. The Hall–Kier alpha value is -3.54. The molecule has 0 unspecified atom stereocenters. The van der Waals surface area contributed by atoms with Gasteiger partial charge in [0.1, 0.15) is 0 Å². The van der Waals surface area contributed by atoms with Crippen LogP contribution in [-0.2, 0) is 6.42 Å². The third kappa shape index (κ3) is 3.46. The largest absolute Gasteiger partial charge is 0.272 e. The fourth-order valence-electron chi connectivity index (χ4n) is 5.49. The molecule has 0 spiro atoms. The Morgan fingerprint density at radius 2 is 1.67 bits per heavy atom. The van der Waals surface area contributed by atoms with E-state index in [9.17, 15) is 4.79 Å². The van der Waals surface area contributed by atoms with Crippen molar-refractivity contribution in [2.75, 3.05) is 0 Å². The number of benzene rings is 4. The lowest BCUT2D eigenvalue weighted by Gasteiger charge is -2.30. The monoisotopic (exact) mass is 548 g/mol. The van der Waals surface area contributed by atoms with Crippen molar-refractivity contribution < 1.29 is 0 Å². The van der Waals surface area contributed by atoms with Crippen LogP contribution in [0.25, 0.3) is 22.5 Å². The van der Waals surface area contributed by atoms with Crippen molar-refractivity contribution in [1.82, 2.24) is 4.57 Å². The molecule has 0 radical (unpaired) electrons. The molecule has 5 aromatic rings. The maximum absolute atomic E-state index is 14.0. The number of hydrogen-bond donors (Lipinski definition) is 0. The van der Waals surface area contributed by atoms with Gasteiger partial charge >= 0.3 is 0 Å². The lowest BCUT2D eigenvalue weighted by Crippen LogP contribution is -2.38. The highest BCUT2D eigenvalue weighted by Gasteiger charge is 2.32. The Kier molecular flexibility index (Phi) is 5.15. The molecule has 1 atom stereocenters. The number of hydrogen-bond acceptors (Lipinski definition) is 3. The summed E-state index contributed by atoms with van der Waals surface area (Å²) in [4.78, 5) is 19.9. The first kappa shape index (κ1) is 21.7. The van der Waals surface area contributed by atoms with E-state index in [1.165, 1.54) is 33.4 Å². The van der Waals surface area contributed by atoms with E-state index in [0.717, 1.165) is 44.3 Å². The summed E-state index contributed by atoms with van der Waals surface area (Å²) in [6.07, 6.45) is 3.88. The summed E-state index contributed by atoms with van der Waals surface area (Å²) in [5.74, 6) is 0. The molecule has 3 nitrogen and oxygen atoms in total. The van der Waals surface area contributed by atoms with Gasteiger partial charge in [-0.1, -0.05) is 106 Å². The second-order valence-electron chi connectivity index (χ2n) is 9.23. The Labute approximate surface area is 220 Å². The van der Waals surface area contributed by atoms with Crippen LogP contribution in [0.15, 0.2) is 111 Å². The lowest BCUT2D eigenvalue weighted by molar-refractivity contribution is 0.585. The number of rotatable bonds is 2. The van der Waals surface area contributed by atoms with E-state index >= 15 is 0 Å². The van der Waals surface area contributed by atoms with Gasteiger partial charge in [0, 0.05) is 10.0 Å². The summed E-state index contributed by atoms with van der Waals surface area (Å²) in [6.45, 7) is 0. The third-order valence-corrected chi connectivity index (χ3v) is 8.68. The number of allylic oxidation sites excluding steroid dienone is 1.